The Morgan fingerprint density at radius 1 is 1.45 bits per heavy atom. The Kier molecular flexibility index (Phi) is 1.31. The van der Waals surface area contributed by atoms with Crippen molar-refractivity contribution in [3.63, 3.8) is 0 Å². The Morgan fingerprint density at radius 2 is 2.36 bits per heavy atom. The lowest BCUT2D eigenvalue weighted by Gasteiger charge is -2.01. The SMILES string of the molecule is CNc1ncnc2c1C=NC2. The highest BCUT2D eigenvalue weighted by molar-refractivity contribution is 5.89. The Hall–Kier alpha value is -1.45. The van der Waals surface area contributed by atoms with Gasteiger partial charge < -0.3 is 5.32 Å². The number of rotatable bonds is 1. The number of nitrogens with zero attached hydrogens (tertiary/aromatic N) is 3. The van der Waals surface area contributed by atoms with Gasteiger partial charge in [-0.15, -0.1) is 0 Å². The zero-order valence-corrected chi connectivity index (χ0v) is 6.20. The lowest BCUT2D eigenvalue weighted by molar-refractivity contribution is 0.994. The van der Waals surface area contributed by atoms with Crippen molar-refractivity contribution in [1.29, 1.82) is 0 Å². The van der Waals surface area contributed by atoms with E-state index in [1.54, 1.807) is 12.5 Å². The summed E-state index contributed by atoms with van der Waals surface area (Å²) in [5.41, 5.74) is 2.03. The summed E-state index contributed by atoms with van der Waals surface area (Å²) < 4.78 is 0. The van der Waals surface area contributed by atoms with Crippen LogP contribution in [0.25, 0.3) is 0 Å². The van der Waals surface area contributed by atoms with E-state index in [0.29, 0.717) is 6.54 Å². The van der Waals surface area contributed by atoms with Crippen LogP contribution in [0.2, 0.25) is 0 Å². The summed E-state index contributed by atoms with van der Waals surface area (Å²) in [5, 5.41) is 2.98. The van der Waals surface area contributed by atoms with Crippen LogP contribution in [0.4, 0.5) is 5.82 Å². The van der Waals surface area contributed by atoms with Gasteiger partial charge >= 0.3 is 0 Å². The molecule has 56 valence electrons. The maximum Gasteiger partial charge on any atom is 0.138 e. The van der Waals surface area contributed by atoms with Gasteiger partial charge in [-0.2, -0.15) is 0 Å². The average molecular weight is 148 g/mol. The summed E-state index contributed by atoms with van der Waals surface area (Å²) in [4.78, 5) is 12.2. The fourth-order valence-corrected chi connectivity index (χ4v) is 1.12. The normalized spacial score (nSPS) is 13.2. The molecule has 1 aromatic heterocycles. The van der Waals surface area contributed by atoms with Crippen molar-refractivity contribution in [2.75, 3.05) is 12.4 Å². The first-order valence-electron chi connectivity index (χ1n) is 3.43. The lowest BCUT2D eigenvalue weighted by atomic mass is 10.2. The highest BCUT2D eigenvalue weighted by Gasteiger charge is 2.11. The smallest absolute Gasteiger partial charge is 0.138 e. The summed E-state index contributed by atoms with van der Waals surface area (Å²) in [5.74, 6) is 0.858. The largest absolute Gasteiger partial charge is 0.372 e. The Balaban J connectivity index is 2.57. The number of hydrogen-bond donors (Lipinski definition) is 1. The summed E-state index contributed by atoms with van der Waals surface area (Å²) >= 11 is 0. The molecule has 0 aliphatic carbocycles. The molecule has 1 N–H and O–H groups in total. The third-order valence-electron chi connectivity index (χ3n) is 1.66. The number of aliphatic imine (C=N–C) groups is 1. The number of aromatic nitrogens is 2. The molecule has 2 heterocycles. The van der Waals surface area contributed by atoms with Gasteiger partial charge in [0, 0.05) is 13.3 Å². The molecular weight excluding hydrogens is 140 g/mol. The van der Waals surface area contributed by atoms with Crippen molar-refractivity contribution in [1.82, 2.24) is 9.97 Å². The van der Waals surface area contributed by atoms with E-state index in [2.05, 4.69) is 20.3 Å². The molecule has 4 nitrogen and oxygen atoms in total. The van der Waals surface area contributed by atoms with Crippen LogP contribution in [0.15, 0.2) is 11.3 Å². The lowest BCUT2D eigenvalue weighted by Crippen LogP contribution is -2.00. The van der Waals surface area contributed by atoms with E-state index in [-0.39, 0.29) is 0 Å². The predicted molar refractivity (Wildman–Crippen MR) is 42.9 cm³/mol. The summed E-state index contributed by atoms with van der Waals surface area (Å²) in [6.45, 7) is 0.687. The number of anilines is 1. The van der Waals surface area contributed by atoms with E-state index in [0.717, 1.165) is 17.1 Å². The van der Waals surface area contributed by atoms with E-state index in [1.807, 2.05) is 7.05 Å². The minimum Gasteiger partial charge on any atom is -0.372 e. The van der Waals surface area contributed by atoms with Crippen molar-refractivity contribution < 1.29 is 0 Å². The van der Waals surface area contributed by atoms with Crippen LogP contribution in [-0.2, 0) is 6.54 Å². The number of hydrogen-bond acceptors (Lipinski definition) is 4. The molecule has 0 fully saturated rings. The molecule has 0 saturated heterocycles. The van der Waals surface area contributed by atoms with Crippen molar-refractivity contribution in [3.8, 4) is 0 Å². The van der Waals surface area contributed by atoms with Gasteiger partial charge in [-0.05, 0) is 0 Å². The summed E-state index contributed by atoms with van der Waals surface area (Å²) in [7, 11) is 1.84. The zero-order chi connectivity index (χ0) is 7.68. The fraction of sp³-hybridized carbons (Fsp3) is 0.286. The number of nitrogens with one attached hydrogen (secondary N) is 1. The topological polar surface area (TPSA) is 50.2 Å². The van der Waals surface area contributed by atoms with Crippen LogP contribution in [-0.4, -0.2) is 23.2 Å². The Morgan fingerprint density at radius 3 is 3.18 bits per heavy atom. The van der Waals surface area contributed by atoms with Gasteiger partial charge in [0.15, 0.2) is 0 Å². The van der Waals surface area contributed by atoms with Crippen molar-refractivity contribution in [2.45, 2.75) is 6.54 Å². The van der Waals surface area contributed by atoms with E-state index >= 15 is 0 Å². The zero-order valence-electron chi connectivity index (χ0n) is 6.20. The van der Waals surface area contributed by atoms with Gasteiger partial charge in [0.05, 0.1) is 17.8 Å². The van der Waals surface area contributed by atoms with E-state index in [4.69, 9.17) is 0 Å². The maximum absolute atomic E-state index is 4.09. The van der Waals surface area contributed by atoms with Crippen LogP contribution in [0.3, 0.4) is 0 Å². The van der Waals surface area contributed by atoms with Gasteiger partial charge in [-0.3, -0.25) is 4.99 Å². The Bertz CT molecular complexity index is 305. The van der Waals surface area contributed by atoms with Gasteiger partial charge in [0.2, 0.25) is 0 Å². The van der Waals surface area contributed by atoms with Crippen molar-refractivity contribution in [3.05, 3.63) is 17.6 Å². The van der Waals surface area contributed by atoms with E-state index in [9.17, 15) is 0 Å². The first-order valence-corrected chi connectivity index (χ1v) is 3.43. The molecule has 1 aliphatic rings. The second-order valence-corrected chi connectivity index (χ2v) is 2.30. The van der Waals surface area contributed by atoms with Gasteiger partial charge in [0.25, 0.3) is 0 Å². The molecule has 0 bridgehead atoms. The molecule has 0 aromatic carbocycles. The van der Waals surface area contributed by atoms with Crippen molar-refractivity contribution >= 4 is 12.0 Å². The van der Waals surface area contributed by atoms with Crippen LogP contribution in [0, 0.1) is 0 Å². The molecule has 0 unspecified atom stereocenters. The average Bonchev–Trinajstić information content (AvgIpc) is 2.50. The Labute approximate surface area is 64.4 Å². The first kappa shape index (κ1) is 6.27. The second-order valence-electron chi connectivity index (χ2n) is 2.30. The summed E-state index contributed by atoms with van der Waals surface area (Å²) in [6.07, 6.45) is 3.36. The molecule has 0 atom stereocenters. The quantitative estimate of drug-likeness (QED) is 0.629. The highest BCUT2D eigenvalue weighted by Crippen LogP contribution is 2.17. The predicted octanol–water partition coefficient (Wildman–Crippen LogP) is 0.451. The fourth-order valence-electron chi connectivity index (χ4n) is 1.12. The van der Waals surface area contributed by atoms with Crippen LogP contribution < -0.4 is 5.32 Å². The van der Waals surface area contributed by atoms with Gasteiger partial charge in [0.1, 0.15) is 12.1 Å². The van der Waals surface area contributed by atoms with Crippen molar-refractivity contribution in [2.24, 2.45) is 4.99 Å². The molecule has 1 aliphatic heterocycles. The maximum atomic E-state index is 4.09. The first-order chi connectivity index (χ1) is 5.42. The van der Waals surface area contributed by atoms with Gasteiger partial charge in [-0.1, -0.05) is 0 Å². The standard InChI is InChI=1S/C7H8N4/c1-8-7-5-2-9-3-6(5)10-4-11-7/h2,4H,3H2,1H3,(H,8,10,11). The van der Waals surface area contributed by atoms with Crippen LogP contribution in [0.5, 0.6) is 0 Å². The number of fused-ring (bicyclic) bond motifs is 1. The highest BCUT2D eigenvalue weighted by atomic mass is 15.0. The second kappa shape index (κ2) is 2.30. The molecule has 0 radical (unpaired) electrons. The van der Waals surface area contributed by atoms with E-state index < -0.39 is 0 Å². The molecule has 11 heavy (non-hydrogen) atoms. The molecule has 2 rings (SSSR count). The molecule has 1 aromatic rings. The molecule has 4 heteroatoms. The third kappa shape index (κ3) is 0.869. The van der Waals surface area contributed by atoms with Crippen LogP contribution in [0.1, 0.15) is 11.3 Å². The molecule has 0 saturated carbocycles. The molecule has 0 spiro atoms. The third-order valence-corrected chi connectivity index (χ3v) is 1.66. The summed E-state index contributed by atoms with van der Waals surface area (Å²) in [6, 6.07) is 0. The van der Waals surface area contributed by atoms with E-state index in [1.165, 1.54) is 0 Å². The minimum atomic E-state index is 0.687. The molecule has 0 amide bonds. The van der Waals surface area contributed by atoms with Gasteiger partial charge in [-0.25, -0.2) is 9.97 Å². The molecular formula is C7H8N4. The van der Waals surface area contributed by atoms with Crippen LogP contribution >= 0.6 is 0 Å². The monoisotopic (exact) mass is 148 g/mol. The minimum absolute atomic E-state index is 0.687.